The lowest BCUT2D eigenvalue weighted by Gasteiger charge is -2.14. The van der Waals surface area contributed by atoms with Crippen LogP contribution in [0.15, 0.2) is 18.2 Å². The third kappa shape index (κ3) is 2.87. The molecule has 120 valence electrons. The maximum absolute atomic E-state index is 12.0. The summed E-state index contributed by atoms with van der Waals surface area (Å²) in [6.45, 7) is 3.53. The van der Waals surface area contributed by atoms with E-state index in [4.69, 9.17) is 4.74 Å². The van der Waals surface area contributed by atoms with Gasteiger partial charge in [0.2, 0.25) is 0 Å². The first-order valence-electron chi connectivity index (χ1n) is 7.05. The molecule has 0 spiro atoms. The van der Waals surface area contributed by atoms with Gasteiger partial charge in [0.15, 0.2) is 0 Å². The molecule has 4 amide bonds. The molecule has 2 aliphatic rings. The molecule has 0 saturated carbocycles. The number of carbonyl (C=O) groups excluding carboxylic acids is 4. The minimum absolute atomic E-state index is 0.203. The van der Waals surface area contributed by atoms with Crippen molar-refractivity contribution < 1.29 is 23.9 Å². The van der Waals surface area contributed by atoms with Gasteiger partial charge in [-0.25, -0.2) is 9.59 Å². The number of rotatable bonds is 2. The smallest absolute Gasteiger partial charge is 0.329 e. The Morgan fingerprint density at radius 1 is 1.22 bits per heavy atom. The average Bonchev–Trinajstić information content (AvgIpc) is 2.86. The quantitative estimate of drug-likeness (QED) is 0.551. The zero-order valence-corrected chi connectivity index (χ0v) is 12.6. The fraction of sp³-hybridized carbons (Fsp3) is 0.333. The van der Waals surface area contributed by atoms with Gasteiger partial charge in [-0.3, -0.25) is 14.9 Å². The Balaban J connectivity index is 1.67. The minimum atomic E-state index is -0.718. The number of hydrogen-bond donors (Lipinski definition) is 3. The molecule has 1 aromatic carbocycles. The van der Waals surface area contributed by atoms with Gasteiger partial charge in [0, 0.05) is 12.1 Å². The van der Waals surface area contributed by atoms with Gasteiger partial charge in [0.05, 0.1) is 11.1 Å². The third-order valence-electron chi connectivity index (χ3n) is 3.66. The Kier molecular flexibility index (Phi) is 3.32. The van der Waals surface area contributed by atoms with E-state index in [-0.39, 0.29) is 11.1 Å². The van der Waals surface area contributed by atoms with E-state index < -0.39 is 35.5 Å². The number of amides is 4. The van der Waals surface area contributed by atoms with Gasteiger partial charge in [-0.15, -0.1) is 0 Å². The molecule has 0 aromatic heterocycles. The van der Waals surface area contributed by atoms with Gasteiger partial charge in [-0.05, 0) is 32.0 Å². The van der Waals surface area contributed by atoms with Crippen LogP contribution in [0.3, 0.4) is 0 Å². The predicted octanol–water partition coefficient (Wildman–Crippen LogP) is 0.786. The molecule has 3 N–H and O–H groups in total. The van der Waals surface area contributed by atoms with Crippen LogP contribution in [0.4, 0.5) is 10.5 Å². The topological polar surface area (TPSA) is 114 Å². The van der Waals surface area contributed by atoms with Crippen molar-refractivity contribution in [3.05, 3.63) is 29.3 Å². The molecular weight excluding hydrogens is 302 g/mol. The fourth-order valence-corrected chi connectivity index (χ4v) is 2.64. The number of ether oxygens (including phenoxy) is 1. The van der Waals surface area contributed by atoms with Crippen molar-refractivity contribution in [3.63, 3.8) is 0 Å². The lowest BCUT2D eigenvalue weighted by atomic mass is 10.0. The highest BCUT2D eigenvalue weighted by molar-refractivity contribution is 6.22. The standard InChI is InChI=1S/C15H15N3O5/c1-15(2)6-10(13(21)23-15)17-14(22)16-7-3-4-8-9(5-7)12(20)18-11(8)19/h3-5,10H,6H2,1-2H3,(H2,16,17,22)(H,18,19,20)/t10-/m0/s1. The fourth-order valence-electron chi connectivity index (χ4n) is 2.64. The van der Waals surface area contributed by atoms with Gasteiger partial charge >= 0.3 is 12.0 Å². The summed E-state index contributed by atoms with van der Waals surface area (Å²) in [5.74, 6) is -1.45. The van der Waals surface area contributed by atoms with Crippen LogP contribution in [0, 0.1) is 0 Å². The number of fused-ring (bicyclic) bond motifs is 1. The highest BCUT2D eigenvalue weighted by Crippen LogP contribution is 2.26. The predicted molar refractivity (Wildman–Crippen MR) is 79.0 cm³/mol. The summed E-state index contributed by atoms with van der Waals surface area (Å²) in [7, 11) is 0. The molecule has 2 heterocycles. The molecule has 1 saturated heterocycles. The van der Waals surface area contributed by atoms with E-state index in [0.717, 1.165) is 0 Å². The summed E-state index contributed by atoms with van der Waals surface area (Å²) >= 11 is 0. The first kappa shape index (κ1) is 15.0. The molecule has 2 aliphatic heterocycles. The maximum Gasteiger partial charge on any atom is 0.329 e. The van der Waals surface area contributed by atoms with E-state index in [0.29, 0.717) is 12.1 Å². The highest BCUT2D eigenvalue weighted by atomic mass is 16.6. The molecule has 8 nitrogen and oxygen atoms in total. The second-order valence-corrected chi connectivity index (χ2v) is 6.08. The SMILES string of the molecule is CC1(C)C[C@H](NC(=O)Nc2ccc3c(c2)C(=O)NC3=O)C(=O)O1. The third-order valence-corrected chi connectivity index (χ3v) is 3.66. The zero-order chi connectivity index (χ0) is 16.8. The molecule has 8 heteroatoms. The van der Waals surface area contributed by atoms with Crippen molar-refractivity contribution in [1.29, 1.82) is 0 Å². The number of cyclic esters (lactones) is 1. The van der Waals surface area contributed by atoms with Gasteiger partial charge in [0.1, 0.15) is 11.6 Å². The molecular formula is C15H15N3O5. The summed E-state index contributed by atoms with van der Waals surface area (Å²) in [4.78, 5) is 46.7. The summed E-state index contributed by atoms with van der Waals surface area (Å²) < 4.78 is 5.13. The number of benzene rings is 1. The highest BCUT2D eigenvalue weighted by Gasteiger charge is 2.40. The van der Waals surface area contributed by atoms with E-state index in [2.05, 4.69) is 16.0 Å². The van der Waals surface area contributed by atoms with E-state index in [9.17, 15) is 19.2 Å². The van der Waals surface area contributed by atoms with Gasteiger partial charge in [0.25, 0.3) is 11.8 Å². The van der Waals surface area contributed by atoms with E-state index in [1.165, 1.54) is 18.2 Å². The Morgan fingerprint density at radius 3 is 2.57 bits per heavy atom. The number of imide groups is 1. The Morgan fingerprint density at radius 2 is 1.91 bits per heavy atom. The molecule has 1 atom stereocenters. The molecule has 0 aliphatic carbocycles. The monoisotopic (exact) mass is 317 g/mol. The maximum atomic E-state index is 12.0. The summed E-state index contributed by atoms with van der Waals surface area (Å²) in [6.07, 6.45) is 0.375. The second-order valence-electron chi connectivity index (χ2n) is 6.08. The first-order chi connectivity index (χ1) is 10.7. The van der Waals surface area contributed by atoms with Gasteiger partial charge in [-0.1, -0.05) is 0 Å². The summed E-state index contributed by atoms with van der Waals surface area (Å²) in [5, 5.41) is 7.23. The zero-order valence-electron chi connectivity index (χ0n) is 12.6. The normalized spacial score (nSPS) is 21.5. The molecule has 3 rings (SSSR count). The van der Waals surface area contributed by atoms with Crippen LogP contribution in [-0.4, -0.2) is 35.5 Å². The van der Waals surface area contributed by atoms with Crippen LogP contribution >= 0.6 is 0 Å². The number of anilines is 1. The van der Waals surface area contributed by atoms with Crippen LogP contribution in [0.25, 0.3) is 0 Å². The Labute approximate surface area is 131 Å². The van der Waals surface area contributed by atoms with Crippen LogP contribution in [0.2, 0.25) is 0 Å². The largest absolute Gasteiger partial charge is 0.458 e. The Hall–Kier alpha value is -2.90. The Bertz CT molecular complexity index is 741. The van der Waals surface area contributed by atoms with E-state index >= 15 is 0 Å². The molecule has 0 unspecified atom stereocenters. The lowest BCUT2D eigenvalue weighted by molar-refractivity contribution is -0.147. The van der Waals surface area contributed by atoms with Crippen molar-refractivity contribution in [2.24, 2.45) is 0 Å². The first-order valence-corrected chi connectivity index (χ1v) is 7.05. The van der Waals surface area contributed by atoms with Crippen molar-refractivity contribution in [1.82, 2.24) is 10.6 Å². The average molecular weight is 317 g/mol. The van der Waals surface area contributed by atoms with Crippen LogP contribution in [0.1, 0.15) is 41.0 Å². The summed E-state index contributed by atoms with van der Waals surface area (Å²) in [5.41, 5.74) is 0.203. The summed E-state index contributed by atoms with van der Waals surface area (Å²) in [6, 6.07) is 3.07. The van der Waals surface area contributed by atoms with Gasteiger partial charge in [-0.2, -0.15) is 0 Å². The van der Waals surface area contributed by atoms with Crippen molar-refractivity contribution in [2.75, 3.05) is 5.32 Å². The van der Waals surface area contributed by atoms with E-state index in [1.54, 1.807) is 13.8 Å². The number of esters is 1. The number of nitrogens with one attached hydrogen (secondary N) is 3. The number of carbonyl (C=O) groups is 4. The second kappa shape index (κ2) is 5.08. The molecule has 0 radical (unpaired) electrons. The molecule has 23 heavy (non-hydrogen) atoms. The molecule has 1 fully saturated rings. The van der Waals surface area contributed by atoms with Crippen molar-refractivity contribution in [2.45, 2.75) is 31.9 Å². The number of hydrogen-bond acceptors (Lipinski definition) is 5. The molecule has 0 bridgehead atoms. The molecule has 1 aromatic rings. The van der Waals surface area contributed by atoms with E-state index in [1.807, 2.05) is 0 Å². The van der Waals surface area contributed by atoms with Gasteiger partial charge < -0.3 is 15.4 Å². The minimum Gasteiger partial charge on any atom is -0.458 e. The van der Waals surface area contributed by atoms with Crippen LogP contribution in [0.5, 0.6) is 0 Å². The van der Waals surface area contributed by atoms with Crippen molar-refractivity contribution >= 4 is 29.5 Å². The lowest BCUT2D eigenvalue weighted by Crippen LogP contribution is -2.40. The van der Waals surface area contributed by atoms with Crippen LogP contribution < -0.4 is 16.0 Å². The number of urea groups is 1. The van der Waals surface area contributed by atoms with Crippen LogP contribution in [-0.2, 0) is 9.53 Å². The van der Waals surface area contributed by atoms with Crippen molar-refractivity contribution in [3.8, 4) is 0 Å².